The van der Waals surface area contributed by atoms with Crippen LogP contribution in [0.5, 0.6) is 0 Å². The molecule has 0 aromatic heterocycles. The minimum Gasteiger partial charge on any atom is -0.377 e. The zero-order valence-electron chi connectivity index (χ0n) is 27.5. The van der Waals surface area contributed by atoms with Crippen molar-refractivity contribution in [3.8, 4) is 0 Å². The largest absolute Gasteiger partial charge is 0.377 e. The number of hydrogen-bond acceptors (Lipinski definition) is 10. The Bertz CT molecular complexity index is 1670. The summed E-state index contributed by atoms with van der Waals surface area (Å²) in [4.78, 5) is 39.1. The van der Waals surface area contributed by atoms with Gasteiger partial charge in [0.05, 0.1) is 17.0 Å². The van der Waals surface area contributed by atoms with Gasteiger partial charge in [0, 0.05) is 73.1 Å². The lowest BCUT2D eigenvalue weighted by molar-refractivity contribution is -0.123. The van der Waals surface area contributed by atoms with E-state index in [1.54, 1.807) is 18.2 Å². The lowest BCUT2D eigenvalue weighted by Gasteiger charge is -2.20. The first kappa shape index (κ1) is 38.1. The fourth-order valence-electron chi connectivity index (χ4n) is 5.94. The van der Waals surface area contributed by atoms with E-state index in [9.17, 15) is 31.2 Å². The summed E-state index contributed by atoms with van der Waals surface area (Å²) in [5.74, 6) is 0.419. The predicted octanol–water partition coefficient (Wildman–Crippen LogP) is 2.37. The van der Waals surface area contributed by atoms with E-state index < -0.39 is 30.8 Å². The van der Waals surface area contributed by atoms with E-state index in [2.05, 4.69) is 26.0 Å². The molecule has 4 rings (SSSR count). The highest BCUT2D eigenvalue weighted by molar-refractivity contribution is 8.71. The minimum atomic E-state index is -4.14. The van der Waals surface area contributed by atoms with Crippen LogP contribution in [0.4, 0.5) is 10.5 Å². The summed E-state index contributed by atoms with van der Waals surface area (Å²) in [7, 11) is -2.97. The summed E-state index contributed by atoms with van der Waals surface area (Å²) in [6, 6.07) is 9.56. The molecule has 2 aromatic carbocycles. The molecule has 266 valence electrons. The SMILES string of the molecule is CN(C)c1cccc2c(S(=O)(=O)N[C@@H](CCCCNC(=O)CCCC[C@@H]3SC[C@@H]4NC(=O)N[C@@H]43)C(=O)NCCSS(C)(=O)=O)cccc12. The number of carbonyl (C=O) groups excluding carboxylic acids is 3. The number of carbonyl (C=O) groups is 3. The van der Waals surface area contributed by atoms with Crippen LogP contribution in [0.25, 0.3) is 10.8 Å². The average molecular weight is 743 g/mol. The van der Waals surface area contributed by atoms with Crippen molar-refractivity contribution in [3.05, 3.63) is 36.4 Å². The van der Waals surface area contributed by atoms with Gasteiger partial charge in [0.1, 0.15) is 6.04 Å². The van der Waals surface area contributed by atoms with Crippen LogP contribution in [-0.2, 0) is 28.5 Å². The number of nitrogens with zero attached hydrogens (tertiary/aromatic N) is 1. The Hall–Kier alpha value is -2.73. The van der Waals surface area contributed by atoms with Gasteiger partial charge in [-0.1, -0.05) is 30.7 Å². The van der Waals surface area contributed by atoms with Crippen molar-refractivity contribution in [1.29, 1.82) is 0 Å². The van der Waals surface area contributed by atoms with Gasteiger partial charge in [-0.15, -0.1) is 0 Å². The third-order valence-electron chi connectivity index (χ3n) is 8.27. The van der Waals surface area contributed by atoms with Gasteiger partial charge < -0.3 is 26.2 Å². The fourth-order valence-corrected chi connectivity index (χ4v) is 10.6. The number of fused-ring (bicyclic) bond motifs is 2. The smallest absolute Gasteiger partial charge is 0.315 e. The number of urea groups is 1. The molecule has 2 fully saturated rings. The first-order chi connectivity index (χ1) is 22.7. The van der Waals surface area contributed by atoms with Gasteiger partial charge in [-0.25, -0.2) is 21.6 Å². The van der Waals surface area contributed by atoms with Crippen LogP contribution in [0.3, 0.4) is 0 Å². The van der Waals surface area contributed by atoms with Crippen LogP contribution in [0.2, 0.25) is 0 Å². The molecule has 0 aliphatic carbocycles. The monoisotopic (exact) mass is 742 g/mol. The Kier molecular flexibility index (Phi) is 13.7. The highest BCUT2D eigenvalue weighted by Crippen LogP contribution is 2.33. The fraction of sp³-hybridized carbons (Fsp3) is 0.581. The minimum absolute atomic E-state index is 0.0531. The Labute approximate surface area is 291 Å². The zero-order valence-corrected chi connectivity index (χ0v) is 30.8. The molecular weight excluding hydrogens is 697 g/mol. The summed E-state index contributed by atoms with van der Waals surface area (Å²) in [6.45, 7) is 0.443. The maximum atomic E-state index is 13.7. The second-order valence-electron chi connectivity index (χ2n) is 12.2. The summed E-state index contributed by atoms with van der Waals surface area (Å²) < 4.78 is 52.9. The molecule has 2 aliphatic rings. The lowest BCUT2D eigenvalue weighted by atomic mass is 10.0. The second-order valence-corrected chi connectivity index (χ2v) is 19.8. The van der Waals surface area contributed by atoms with E-state index in [4.69, 9.17) is 0 Å². The van der Waals surface area contributed by atoms with Crippen LogP contribution < -0.4 is 30.9 Å². The van der Waals surface area contributed by atoms with Gasteiger partial charge in [-0.05, 0) is 55.0 Å². The van der Waals surface area contributed by atoms with E-state index in [-0.39, 0.29) is 47.6 Å². The van der Waals surface area contributed by atoms with E-state index in [0.717, 1.165) is 42.3 Å². The Morgan fingerprint density at radius 1 is 0.979 bits per heavy atom. The van der Waals surface area contributed by atoms with Crippen LogP contribution in [0.15, 0.2) is 41.3 Å². The molecule has 4 atom stereocenters. The quantitative estimate of drug-likeness (QED) is 0.0815. The van der Waals surface area contributed by atoms with Crippen LogP contribution >= 0.6 is 22.6 Å². The number of unbranched alkanes of at least 4 members (excludes halogenated alkanes) is 2. The van der Waals surface area contributed by atoms with Crippen molar-refractivity contribution in [3.63, 3.8) is 0 Å². The van der Waals surface area contributed by atoms with Gasteiger partial charge in [0.15, 0.2) is 8.87 Å². The number of thioether (sulfide) groups is 1. The maximum absolute atomic E-state index is 13.7. The summed E-state index contributed by atoms with van der Waals surface area (Å²) in [5, 5.41) is 13.1. The molecule has 48 heavy (non-hydrogen) atoms. The number of hydrogen-bond donors (Lipinski definition) is 5. The predicted molar refractivity (Wildman–Crippen MR) is 194 cm³/mol. The summed E-state index contributed by atoms with van der Waals surface area (Å²) >= 11 is 1.85. The molecular formula is C31H46N6O7S4. The molecule has 2 aliphatic heterocycles. The highest BCUT2D eigenvalue weighted by atomic mass is 33.1. The standard InChI is InChI=1S/C31H46N6O7S4/c1-37(2)25-13-8-11-22-21(25)10-9-15-27(22)48(43,44)36-23(30(39)33-18-19-46-47(3,41)42)12-6-7-17-32-28(38)16-5-4-14-26-29-24(20-45-26)34-31(40)35-29/h8-11,13,15,23-24,26,29,36H,4-7,12,14,16-20H2,1-3H3,(H,32,38)(H,33,39)(H2,34,35,40)/t23-,24-,26-,29-/m0/s1. The molecule has 0 spiro atoms. The molecule has 2 aromatic rings. The molecule has 2 saturated heterocycles. The van der Waals surface area contributed by atoms with Crippen LogP contribution in [0.1, 0.15) is 44.9 Å². The number of sulfonamides is 1. The lowest BCUT2D eigenvalue weighted by Crippen LogP contribution is -2.47. The van der Waals surface area contributed by atoms with Gasteiger partial charge in [0.25, 0.3) is 0 Å². The van der Waals surface area contributed by atoms with Crippen molar-refractivity contribution in [2.24, 2.45) is 0 Å². The first-order valence-electron chi connectivity index (χ1n) is 16.0. The number of rotatable bonds is 19. The first-order valence-corrected chi connectivity index (χ1v) is 22.0. The second kappa shape index (κ2) is 17.3. The van der Waals surface area contributed by atoms with Crippen molar-refractivity contribution in [1.82, 2.24) is 26.0 Å². The number of amides is 4. The molecule has 5 N–H and O–H groups in total. The highest BCUT2D eigenvalue weighted by Gasteiger charge is 2.42. The number of nitrogens with one attached hydrogen (secondary N) is 5. The van der Waals surface area contributed by atoms with Crippen LogP contribution in [-0.4, -0.2) is 103 Å². The van der Waals surface area contributed by atoms with Crippen molar-refractivity contribution in [2.75, 3.05) is 49.8 Å². The topological polar surface area (TPSA) is 183 Å². The van der Waals surface area contributed by atoms with Crippen molar-refractivity contribution in [2.45, 2.75) is 73.2 Å². The molecule has 0 unspecified atom stereocenters. The molecule has 17 heteroatoms. The van der Waals surface area contributed by atoms with E-state index in [1.807, 2.05) is 42.9 Å². The number of benzene rings is 2. The Balaban J connectivity index is 1.28. The van der Waals surface area contributed by atoms with Gasteiger partial charge in [-0.2, -0.15) is 16.5 Å². The average Bonchev–Trinajstić information content (AvgIpc) is 3.58. The number of anilines is 1. The van der Waals surface area contributed by atoms with Crippen molar-refractivity contribution < 1.29 is 31.2 Å². The third kappa shape index (κ3) is 10.9. The Morgan fingerprint density at radius 3 is 2.48 bits per heavy atom. The van der Waals surface area contributed by atoms with E-state index in [0.29, 0.717) is 47.2 Å². The van der Waals surface area contributed by atoms with E-state index >= 15 is 0 Å². The zero-order chi connectivity index (χ0) is 34.9. The molecule has 0 saturated carbocycles. The summed E-state index contributed by atoms with van der Waals surface area (Å²) in [5.41, 5.74) is 0.854. The van der Waals surface area contributed by atoms with Crippen molar-refractivity contribution >= 4 is 75.8 Å². The van der Waals surface area contributed by atoms with E-state index in [1.165, 1.54) is 6.07 Å². The van der Waals surface area contributed by atoms with Gasteiger partial charge >= 0.3 is 6.03 Å². The molecule has 0 bridgehead atoms. The molecule has 13 nitrogen and oxygen atoms in total. The molecule has 4 amide bonds. The normalized spacial score (nSPS) is 19.7. The van der Waals surface area contributed by atoms with Crippen LogP contribution in [0, 0.1) is 0 Å². The molecule has 0 radical (unpaired) electrons. The third-order valence-corrected chi connectivity index (χ3v) is 13.9. The maximum Gasteiger partial charge on any atom is 0.315 e. The van der Waals surface area contributed by atoms with Gasteiger partial charge in [0.2, 0.25) is 21.8 Å². The molecule has 2 heterocycles. The van der Waals surface area contributed by atoms with Gasteiger partial charge in [-0.3, -0.25) is 9.59 Å². The summed E-state index contributed by atoms with van der Waals surface area (Å²) in [6.07, 6.45) is 5.22. The Morgan fingerprint density at radius 2 is 1.73 bits per heavy atom.